The van der Waals surface area contributed by atoms with Crippen molar-refractivity contribution in [1.82, 2.24) is 30.1 Å². The zero-order chi connectivity index (χ0) is 17.5. The molecule has 3 saturated heterocycles. The van der Waals surface area contributed by atoms with E-state index in [9.17, 15) is 4.79 Å². The number of rotatable bonds is 3. The highest BCUT2D eigenvalue weighted by Crippen LogP contribution is 2.38. The van der Waals surface area contributed by atoms with Gasteiger partial charge in [-0.05, 0) is 62.9 Å². The Bertz CT molecular complexity index is 815. The van der Waals surface area contributed by atoms with E-state index in [1.165, 1.54) is 32.2 Å². The molecule has 4 atom stereocenters. The first-order chi connectivity index (χ1) is 12.8. The normalized spacial score (nSPS) is 29.3. The van der Waals surface area contributed by atoms with E-state index in [2.05, 4.69) is 25.7 Å². The molecule has 2 N–H and O–H groups in total. The van der Waals surface area contributed by atoms with Crippen molar-refractivity contribution >= 4 is 36.4 Å². The first kappa shape index (κ1) is 21.3. The van der Waals surface area contributed by atoms with Gasteiger partial charge in [0, 0.05) is 24.8 Å². The van der Waals surface area contributed by atoms with Crippen LogP contribution in [0.1, 0.15) is 36.0 Å². The summed E-state index contributed by atoms with van der Waals surface area (Å²) < 4.78 is 1.78. The maximum Gasteiger partial charge on any atom is 0.255 e. The number of piperidine rings is 3. The molecule has 2 aromatic heterocycles. The average molecular weight is 427 g/mol. The highest BCUT2D eigenvalue weighted by Gasteiger charge is 2.45. The topological polar surface area (TPSA) is 74.6 Å². The molecule has 1 amide bonds. The Hall–Kier alpha value is -1.41. The number of halogens is 2. The van der Waals surface area contributed by atoms with Crippen LogP contribution < -0.4 is 10.6 Å². The fourth-order valence-electron chi connectivity index (χ4n) is 5.37. The smallest absolute Gasteiger partial charge is 0.255 e. The monoisotopic (exact) mass is 426 g/mol. The van der Waals surface area contributed by atoms with Crippen molar-refractivity contribution in [3.05, 3.63) is 30.2 Å². The third kappa shape index (κ3) is 3.73. The van der Waals surface area contributed by atoms with Crippen molar-refractivity contribution in [1.29, 1.82) is 0 Å². The van der Waals surface area contributed by atoms with Crippen LogP contribution in [0, 0.1) is 11.8 Å². The molecule has 2 aromatic rings. The van der Waals surface area contributed by atoms with Gasteiger partial charge in [-0.1, -0.05) is 6.42 Å². The molecule has 3 aliphatic rings. The Morgan fingerprint density at radius 2 is 2.11 bits per heavy atom. The van der Waals surface area contributed by atoms with Crippen molar-refractivity contribution in [2.75, 3.05) is 26.2 Å². The lowest BCUT2D eigenvalue weighted by Gasteiger charge is -2.55. The highest BCUT2D eigenvalue weighted by molar-refractivity contribution is 5.99. The molecule has 0 radical (unpaired) electrons. The molecule has 3 fully saturated rings. The lowest BCUT2D eigenvalue weighted by atomic mass is 9.73. The summed E-state index contributed by atoms with van der Waals surface area (Å²) in [6.45, 7) is 4.12. The third-order valence-corrected chi connectivity index (χ3v) is 6.56. The van der Waals surface area contributed by atoms with Gasteiger partial charge in [-0.25, -0.2) is 0 Å². The number of hydrogen-bond acceptors (Lipinski definition) is 5. The Kier molecular flexibility index (Phi) is 6.81. The molecule has 0 aliphatic carbocycles. The average Bonchev–Trinajstić information content (AvgIpc) is 3.17. The van der Waals surface area contributed by atoms with Gasteiger partial charge in [0.05, 0.1) is 5.56 Å². The van der Waals surface area contributed by atoms with Crippen molar-refractivity contribution in [3.63, 3.8) is 0 Å². The second kappa shape index (κ2) is 8.95. The molecule has 2 bridgehead atoms. The summed E-state index contributed by atoms with van der Waals surface area (Å²) in [5.41, 5.74) is 1.21. The summed E-state index contributed by atoms with van der Waals surface area (Å²) in [5.74, 6) is 1.36. The second-order valence-electron chi connectivity index (χ2n) is 7.98. The molecular weight excluding hydrogens is 399 g/mol. The maximum absolute atomic E-state index is 12.8. The number of hydrogen-bond donors (Lipinski definition) is 2. The SMILES string of the molecule is Cl.Cl.O=C(NC[C@H]1[C@@H]2CNC[C@@H](C2)[C@@H]2CCCCN21)c1cccn2cnnc12. The lowest BCUT2D eigenvalue weighted by Crippen LogP contribution is -2.65. The van der Waals surface area contributed by atoms with E-state index in [-0.39, 0.29) is 30.7 Å². The molecule has 5 rings (SSSR count). The van der Waals surface area contributed by atoms with E-state index in [1.54, 1.807) is 10.7 Å². The Morgan fingerprint density at radius 3 is 3.00 bits per heavy atom. The largest absolute Gasteiger partial charge is 0.350 e. The number of nitrogens with zero attached hydrogens (tertiary/aromatic N) is 4. The zero-order valence-corrected chi connectivity index (χ0v) is 17.4. The van der Waals surface area contributed by atoms with Crippen molar-refractivity contribution in [2.45, 2.75) is 37.8 Å². The van der Waals surface area contributed by atoms with E-state index in [0.717, 1.165) is 19.0 Å². The molecule has 5 heterocycles. The summed E-state index contributed by atoms with van der Waals surface area (Å²) in [5, 5.41) is 14.8. The Balaban J connectivity index is 0.00000112. The molecule has 154 valence electrons. The summed E-state index contributed by atoms with van der Waals surface area (Å²) in [4.78, 5) is 15.5. The van der Waals surface area contributed by atoms with Gasteiger partial charge in [0.25, 0.3) is 5.91 Å². The van der Waals surface area contributed by atoms with Crippen LogP contribution in [0.15, 0.2) is 24.7 Å². The maximum atomic E-state index is 12.8. The van der Waals surface area contributed by atoms with Gasteiger partial charge in [-0.3, -0.25) is 14.1 Å². The molecular formula is C19H28Cl2N6O. The summed E-state index contributed by atoms with van der Waals surface area (Å²) in [6.07, 6.45) is 8.72. The number of nitrogens with one attached hydrogen (secondary N) is 2. The van der Waals surface area contributed by atoms with Gasteiger partial charge < -0.3 is 10.6 Å². The summed E-state index contributed by atoms with van der Waals surface area (Å²) in [6, 6.07) is 4.81. The van der Waals surface area contributed by atoms with Crippen LogP contribution in [0.2, 0.25) is 0 Å². The number of aromatic nitrogens is 3. The number of fused-ring (bicyclic) bond motifs is 5. The fourth-order valence-corrected chi connectivity index (χ4v) is 5.37. The zero-order valence-electron chi connectivity index (χ0n) is 15.8. The highest BCUT2D eigenvalue weighted by atomic mass is 35.5. The van der Waals surface area contributed by atoms with Crippen molar-refractivity contribution in [3.8, 4) is 0 Å². The van der Waals surface area contributed by atoms with Gasteiger partial charge in [-0.15, -0.1) is 35.0 Å². The van der Waals surface area contributed by atoms with Crippen LogP contribution in [0.25, 0.3) is 5.65 Å². The van der Waals surface area contributed by atoms with Crippen LogP contribution in [0.5, 0.6) is 0 Å². The molecule has 0 aromatic carbocycles. The Morgan fingerprint density at radius 1 is 1.25 bits per heavy atom. The summed E-state index contributed by atoms with van der Waals surface area (Å²) in [7, 11) is 0. The molecule has 9 heteroatoms. The molecule has 0 saturated carbocycles. The van der Waals surface area contributed by atoms with Gasteiger partial charge in [0.1, 0.15) is 6.33 Å². The predicted molar refractivity (Wildman–Crippen MR) is 112 cm³/mol. The van der Waals surface area contributed by atoms with E-state index < -0.39 is 0 Å². The van der Waals surface area contributed by atoms with E-state index in [1.807, 2.05) is 18.3 Å². The predicted octanol–water partition coefficient (Wildman–Crippen LogP) is 1.77. The second-order valence-corrected chi connectivity index (χ2v) is 7.98. The number of carbonyl (C=O) groups excluding carboxylic acids is 1. The van der Waals surface area contributed by atoms with Crippen LogP contribution in [-0.4, -0.2) is 63.7 Å². The standard InChI is InChI=1S/C19H26N6O.2ClH/c26-19(15-4-3-6-24-12-22-23-18(15)24)21-11-17-14-8-13(9-20-10-14)16-5-1-2-7-25(16)17;;/h3-4,6,12-14,16-17,20H,1-2,5,7-11H2,(H,21,26);2*1H/t13-,14+,16+,17+;;/m1../s1. The third-order valence-electron chi connectivity index (χ3n) is 6.56. The molecule has 0 spiro atoms. The van der Waals surface area contributed by atoms with E-state index in [0.29, 0.717) is 35.8 Å². The minimum atomic E-state index is -0.0527. The minimum Gasteiger partial charge on any atom is -0.350 e. The molecule has 3 aliphatic heterocycles. The Labute approximate surface area is 177 Å². The van der Waals surface area contributed by atoms with E-state index >= 15 is 0 Å². The van der Waals surface area contributed by atoms with Gasteiger partial charge in [-0.2, -0.15) is 0 Å². The van der Waals surface area contributed by atoms with Crippen LogP contribution in [0.3, 0.4) is 0 Å². The lowest BCUT2D eigenvalue weighted by molar-refractivity contribution is -0.0371. The van der Waals surface area contributed by atoms with Gasteiger partial charge >= 0.3 is 0 Å². The molecule has 28 heavy (non-hydrogen) atoms. The number of amides is 1. The van der Waals surface area contributed by atoms with Crippen molar-refractivity contribution < 1.29 is 4.79 Å². The van der Waals surface area contributed by atoms with Crippen molar-refractivity contribution in [2.24, 2.45) is 11.8 Å². The fraction of sp³-hybridized carbons (Fsp3) is 0.632. The van der Waals surface area contributed by atoms with Crippen LogP contribution in [-0.2, 0) is 0 Å². The van der Waals surface area contributed by atoms with Gasteiger partial charge in [0.2, 0.25) is 0 Å². The van der Waals surface area contributed by atoms with Gasteiger partial charge in [0.15, 0.2) is 5.65 Å². The molecule has 7 nitrogen and oxygen atoms in total. The molecule has 0 unspecified atom stereocenters. The summed E-state index contributed by atoms with van der Waals surface area (Å²) >= 11 is 0. The number of carbonyl (C=O) groups is 1. The van der Waals surface area contributed by atoms with Crippen LogP contribution in [0.4, 0.5) is 0 Å². The first-order valence-electron chi connectivity index (χ1n) is 9.84. The minimum absolute atomic E-state index is 0. The van der Waals surface area contributed by atoms with Crippen LogP contribution >= 0.6 is 24.8 Å². The van der Waals surface area contributed by atoms with E-state index in [4.69, 9.17) is 0 Å². The quantitative estimate of drug-likeness (QED) is 0.781. The first-order valence-corrected chi connectivity index (χ1v) is 9.84. The number of pyridine rings is 1.